The van der Waals surface area contributed by atoms with E-state index < -0.39 is 28.9 Å². The Balaban J connectivity index is 2.51. The molecule has 0 spiro atoms. The maximum atomic E-state index is 13.5. The fraction of sp³-hybridized carbons (Fsp3) is 0.200. The molecule has 1 aliphatic rings. The summed E-state index contributed by atoms with van der Waals surface area (Å²) in [4.78, 5) is 0. The van der Waals surface area contributed by atoms with Crippen molar-refractivity contribution in [2.45, 2.75) is 17.8 Å². The largest absolute Gasteiger partial charge is 0.411 e. The lowest BCUT2D eigenvalue weighted by molar-refractivity contribution is -0.287. The van der Waals surface area contributed by atoms with Crippen LogP contribution >= 0.6 is 0 Å². The molecule has 109 valence electrons. The summed E-state index contributed by atoms with van der Waals surface area (Å²) in [5, 5.41) is 0. The van der Waals surface area contributed by atoms with Crippen LogP contribution in [0.4, 0.5) is 26.3 Å². The zero-order valence-electron chi connectivity index (χ0n) is 10.3. The molecule has 0 aliphatic heterocycles. The molecular formula is C15H7F6. The van der Waals surface area contributed by atoms with Gasteiger partial charge in [-0.15, -0.1) is 0 Å². The lowest BCUT2D eigenvalue weighted by Crippen LogP contribution is -2.53. The molecule has 0 aromatic heterocycles. The summed E-state index contributed by atoms with van der Waals surface area (Å²) >= 11 is 0. The summed E-state index contributed by atoms with van der Waals surface area (Å²) in [6.45, 7) is 0. The van der Waals surface area contributed by atoms with Gasteiger partial charge in [-0.25, -0.2) is 0 Å². The van der Waals surface area contributed by atoms with Gasteiger partial charge in [0, 0.05) is 0 Å². The highest BCUT2D eigenvalue weighted by atomic mass is 19.4. The first-order valence-electron chi connectivity index (χ1n) is 5.95. The Morgan fingerprint density at radius 1 is 0.762 bits per heavy atom. The molecule has 1 radical (unpaired) electrons. The second-order valence-electron chi connectivity index (χ2n) is 4.76. The van der Waals surface area contributed by atoms with Crippen molar-refractivity contribution in [2.24, 2.45) is 0 Å². The number of fused-ring (bicyclic) bond motifs is 3. The first-order chi connectivity index (χ1) is 9.71. The Kier molecular flexibility index (Phi) is 2.68. The van der Waals surface area contributed by atoms with Crippen LogP contribution in [0.25, 0.3) is 11.1 Å². The second-order valence-corrected chi connectivity index (χ2v) is 4.76. The minimum Gasteiger partial charge on any atom is -0.169 e. The van der Waals surface area contributed by atoms with E-state index in [9.17, 15) is 26.3 Å². The van der Waals surface area contributed by atoms with Crippen molar-refractivity contribution in [1.82, 2.24) is 0 Å². The molecule has 0 amide bonds. The van der Waals surface area contributed by atoms with Crippen LogP contribution in [-0.2, 0) is 5.41 Å². The highest BCUT2D eigenvalue weighted by molar-refractivity contribution is 5.82. The molecule has 0 saturated heterocycles. The summed E-state index contributed by atoms with van der Waals surface area (Å²) in [5.74, 6) is 0. The maximum absolute atomic E-state index is 13.5. The van der Waals surface area contributed by atoms with Crippen molar-refractivity contribution < 1.29 is 26.3 Å². The van der Waals surface area contributed by atoms with Crippen molar-refractivity contribution in [3.63, 3.8) is 0 Å². The van der Waals surface area contributed by atoms with Gasteiger partial charge in [-0.05, 0) is 34.4 Å². The monoisotopic (exact) mass is 301 g/mol. The highest BCUT2D eigenvalue weighted by Crippen LogP contribution is 2.63. The van der Waals surface area contributed by atoms with Crippen LogP contribution in [0.2, 0.25) is 0 Å². The van der Waals surface area contributed by atoms with Gasteiger partial charge in [0.25, 0.3) is 0 Å². The Hall–Kier alpha value is -1.98. The Bertz CT molecular complexity index is 634. The normalized spacial score (nSPS) is 16.5. The van der Waals surface area contributed by atoms with Gasteiger partial charge >= 0.3 is 12.4 Å². The molecule has 0 heterocycles. The highest BCUT2D eigenvalue weighted by Gasteiger charge is 2.75. The smallest absolute Gasteiger partial charge is 0.169 e. The first kappa shape index (κ1) is 14.0. The lowest BCUT2D eigenvalue weighted by Gasteiger charge is -2.35. The molecule has 2 aromatic rings. The number of rotatable bonds is 0. The van der Waals surface area contributed by atoms with Gasteiger partial charge < -0.3 is 0 Å². The predicted octanol–water partition coefficient (Wildman–Crippen LogP) is 4.88. The summed E-state index contributed by atoms with van der Waals surface area (Å²) < 4.78 is 81.2. The average Bonchev–Trinajstić information content (AvgIpc) is 2.69. The van der Waals surface area contributed by atoms with Gasteiger partial charge in [0.05, 0.1) is 0 Å². The predicted molar refractivity (Wildman–Crippen MR) is 63.6 cm³/mol. The summed E-state index contributed by atoms with van der Waals surface area (Å²) in [7, 11) is 0. The van der Waals surface area contributed by atoms with Gasteiger partial charge in [0.15, 0.2) is 0 Å². The molecular weight excluding hydrogens is 294 g/mol. The van der Waals surface area contributed by atoms with E-state index in [-0.39, 0.29) is 11.1 Å². The van der Waals surface area contributed by atoms with Gasteiger partial charge in [0.2, 0.25) is 5.41 Å². The molecule has 0 N–H and O–H groups in total. The average molecular weight is 301 g/mol. The van der Waals surface area contributed by atoms with E-state index in [0.29, 0.717) is 0 Å². The van der Waals surface area contributed by atoms with Crippen LogP contribution in [0, 0.1) is 6.07 Å². The summed E-state index contributed by atoms with van der Waals surface area (Å²) in [5.41, 5.74) is -5.69. The molecule has 21 heavy (non-hydrogen) atoms. The van der Waals surface area contributed by atoms with E-state index >= 15 is 0 Å². The minimum atomic E-state index is -5.50. The molecule has 0 saturated carbocycles. The van der Waals surface area contributed by atoms with Crippen LogP contribution in [0.3, 0.4) is 0 Å². The Labute approximate surface area is 116 Å². The number of halogens is 6. The fourth-order valence-corrected chi connectivity index (χ4v) is 2.94. The van der Waals surface area contributed by atoms with Gasteiger partial charge in [0.1, 0.15) is 0 Å². The standard InChI is InChI=1S/C15H7F6/c16-14(17,18)13(15(19,20)21)11-7-3-1-5-9(11)10-6-2-4-8-12(10)13/h1-3,5-8H. The summed E-state index contributed by atoms with van der Waals surface area (Å²) in [6, 6.07) is 10.4. The van der Waals surface area contributed by atoms with Gasteiger partial charge in [-0.3, -0.25) is 0 Å². The van der Waals surface area contributed by atoms with E-state index in [0.717, 1.165) is 12.1 Å². The molecule has 0 bridgehead atoms. The van der Waals surface area contributed by atoms with E-state index in [1.807, 2.05) is 0 Å². The Morgan fingerprint density at radius 2 is 1.33 bits per heavy atom. The fourth-order valence-electron chi connectivity index (χ4n) is 2.94. The molecule has 1 aliphatic carbocycles. The van der Waals surface area contributed by atoms with Crippen molar-refractivity contribution in [3.8, 4) is 11.1 Å². The third-order valence-corrected chi connectivity index (χ3v) is 3.74. The zero-order chi connectivity index (χ0) is 15.5. The SMILES string of the molecule is FC(F)(F)C1(C(F)(F)F)c2c[c]ccc2-c2ccccc21. The van der Waals surface area contributed by atoms with Crippen molar-refractivity contribution in [3.05, 3.63) is 59.7 Å². The molecule has 0 fully saturated rings. The molecule has 0 nitrogen and oxygen atoms in total. The quantitative estimate of drug-likeness (QED) is 0.608. The molecule has 3 rings (SSSR count). The summed E-state index contributed by atoms with van der Waals surface area (Å²) in [6.07, 6.45) is -11.0. The lowest BCUT2D eigenvalue weighted by atomic mass is 9.76. The second kappa shape index (κ2) is 4.02. The van der Waals surface area contributed by atoms with E-state index in [1.54, 1.807) is 0 Å². The first-order valence-corrected chi connectivity index (χ1v) is 5.95. The van der Waals surface area contributed by atoms with Gasteiger partial charge in [-0.2, -0.15) is 26.3 Å². The minimum absolute atomic E-state index is 0.0452. The molecule has 0 atom stereocenters. The van der Waals surface area contributed by atoms with Crippen molar-refractivity contribution in [1.29, 1.82) is 0 Å². The number of hydrogen-bond acceptors (Lipinski definition) is 0. The molecule has 2 aromatic carbocycles. The van der Waals surface area contributed by atoms with Crippen LogP contribution in [0.1, 0.15) is 11.1 Å². The van der Waals surface area contributed by atoms with Crippen LogP contribution in [0.5, 0.6) is 0 Å². The van der Waals surface area contributed by atoms with Crippen LogP contribution in [0.15, 0.2) is 42.5 Å². The van der Waals surface area contributed by atoms with Gasteiger partial charge in [-0.1, -0.05) is 36.4 Å². The third-order valence-electron chi connectivity index (χ3n) is 3.74. The molecule has 6 heteroatoms. The number of benzene rings is 2. The van der Waals surface area contributed by atoms with E-state index in [4.69, 9.17) is 0 Å². The maximum Gasteiger partial charge on any atom is 0.411 e. The Morgan fingerprint density at radius 3 is 1.95 bits per heavy atom. The van der Waals surface area contributed by atoms with E-state index in [1.165, 1.54) is 30.3 Å². The zero-order valence-corrected chi connectivity index (χ0v) is 10.3. The topological polar surface area (TPSA) is 0 Å². The van der Waals surface area contributed by atoms with Crippen molar-refractivity contribution in [2.75, 3.05) is 0 Å². The third kappa shape index (κ3) is 1.58. The van der Waals surface area contributed by atoms with E-state index in [2.05, 4.69) is 6.07 Å². The van der Waals surface area contributed by atoms with Crippen LogP contribution in [-0.4, -0.2) is 12.4 Å². The molecule has 0 unspecified atom stereocenters. The van der Waals surface area contributed by atoms with Crippen molar-refractivity contribution >= 4 is 0 Å². The number of hydrogen-bond donors (Lipinski definition) is 0. The van der Waals surface area contributed by atoms with Crippen LogP contribution < -0.4 is 0 Å². The number of alkyl halides is 6.